The average Bonchev–Trinajstić information content (AvgIpc) is 3.65. The minimum atomic E-state index is -0.205. The van der Waals surface area contributed by atoms with Gasteiger partial charge in [0.25, 0.3) is 0 Å². The Kier molecular flexibility index (Phi) is 5.49. The summed E-state index contributed by atoms with van der Waals surface area (Å²) in [5, 5.41) is 11.0. The Morgan fingerprint density at radius 1 is 1.14 bits per heavy atom. The van der Waals surface area contributed by atoms with Crippen LogP contribution in [0.1, 0.15) is 62.6 Å². The van der Waals surface area contributed by atoms with Crippen LogP contribution in [0.15, 0.2) is 42.5 Å². The normalized spacial score (nSPS) is 37.8. The van der Waals surface area contributed by atoms with Gasteiger partial charge in [-0.1, -0.05) is 50.2 Å². The van der Waals surface area contributed by atoms with Crippen molar-refractivity contribution in [2.45, 2.75) is 82.6 Å². The molecule has 2 saturated carbocycles. The molecule has 5 aliphatic rings. The van der Waals surface area contributed by atoms with Crippen molar-refractivity contribution in [3.8, 4) is 11.5 Å². The molecule has 37 heavy (non-hydrogen) atoms. The lowest BCUT2D eigenvalue weighted by atomic mass is 9.39. The van der Waals surface area contributed by atoms with E-state index in [4.69, 9.17) is 14.2 Å². The third kappa shape index (κ3) is 3.26. The highest BCUT2D eigenvalue weighted by atomic mass is 16.5. The summed E-state index contributed by atoms with van der Waals surface area (Å²) in [5.41, 5.74) is 3.59. The van der Waals surface area contributed by atoms with E-state index in [9.17, 15) is 5.11 Å². The topological polar surface area (TPSA) is 51.2 Å². The smallest absolute Gasteiger partial charge is 0.165 e. The van der Waals surface area contributed by atoms with Crippen LogP contribution in [0.25, 0.3) is 0 Å². The van der Waals surface area contributed by atoms with Crippen LogP contribution in [-0.2, 0) is 27.9 Å². The summed E-state index contributed by atoms with van der Waals surface area (Å²) in [6.45, 7) is 8.32. The number of hydrogen-bond donors (Lipinski definition) is 1. The molecule has 0 radical (unpaired) electrons. The van der Waals surface area contributed by atoms with E-state index in [0.717, 1.165) is 43.9 Å². The van der Waals surface area contributed by atoms with Crippen LogP contribution in [0.5, 0.6) is 11.5 Å². The Balaban J connectivity index is 1.32. The highest BCUT2D eigenvalue weighted by molar-refractivity contribution is 5.62. The Labute approximate surface area is 221 Å². The van der Waals surface area contributed by atoms with E-state index in [1.165, 1.54) is 36.1 Å². The molecule has 5 heteroatoms. The molecule has 1 saturated heterocycles. The predicted octanol–water partition coefficient (Wildman–Crippen LogP) is 5.47. The summed E-state index contributed by atoms with van der Waals surface area (Å²) in [4.78, 5) is 2.84. The maximum Gasteiger partial charge on any atom is 0.165 e. The molecule has 198 valence electrons. The number of nitrogens with zero attached hydrogens (tertiary/aromatic N) is 1. The fraction of sp³-hybridized carbons (Fsp3) is 0.625. The highest BCUT2D eigenvalue weighted by Gasteiger charge is 2.75. The maximum absolute atomic E-state index is 11.0. The first kappa shape index (κ1) is 24.0. The van der Waals surface area contributed by atoms with Gasteiger partial charge in [0.15, 0.2) is 11.5 Å². The van der Waals surface area contributed by atoms with Gasteiger partial charge in [-0.2, -0.15) is 0 Å². The van der Waals surface area contributed by atoms with Crippen molar-refractivity contribution in [1.29, 1.82) is 0 Å². The van der Waals surface area contributed by atoms with Crippen molar-refractivity contribution in [3.63, 3.8) is 0 Å². The quantitative estimate of drug-likeness (QED) is 0.518. The lowest BCUT2D eigenvalue weighted by Gasteiger charge is -2.69. The Morgan fingerprint density at radius 3 is 2.68 bits per heavy atom. The van der Waals surface area contributed by atoms with E-state index in [1.54, 1.807) is 0 Å². The Hall–Kier alpha value is -2.08. The number of phenolic OH excluding ortho intramolecular Hbond substituents is 1. The van der Waals surface area contributed by atoms with Gasteiger partial charge in [0.05, 0.1) is 13.2 Å². The van der Waals surface area contributed by atoms with Gasteiger partial charge in [0.2, 0.25) is 0 Å². The zero-order valence-corrected chi connectivity index (χ0v) is 22.5. The molecule has 2 bridgehead atoms. The fourth-order valence-corrected chi connectivity index (χ4v) is 9.29. The number of ether oxygens (including phenoxy) is 3. The number of methoxy groups -OCH3 is 1. The molecule has 3 fully saturated rings. The Bertz CT molecular complexity index is 1180. The SMILES string of the molecule is CC[C@@]12C[C@](C)(COCc3ccccc3)C(OC)[C@H]3Oc4c(O)ccc5c4[C@]31CCN(CC1CC1)[C@H]2C5. The maximum atomic E-state index is 11.0. The predicted molar refractivity (Wildman–Crippen MR) is 143 cm³/mol. The molecule has 7 rings (SSSR count). The zero-order chi connectivity index (χ0) is 25.4. The highest BCUT2D eigenvalue weighted by Crippen LogP contribution is 2.73. The van der Waals surface area contributed by atoms with Crippen LogP contribution in [-0.4, -0.2) is 55.1 Å². The molecule has 2 heterocycles. The van der Waals surface area contributed by atoms with Gasteiger partial charge >= 0.3 is 0 Å². The monoisotopic (exact) mass is 503 g/mol. The minimum absolute atomic E-state index is 0.0523. The van der Waals surface area contributed by atoms with Crippen molar-refractivity contribution in [1.82, 2.24) is 4.90 Å². The molecule has 1 unspecified atom stereocenters. The van der Waals surface area contributed by atoms with E-state index in [0.29, 0.717) is 19.3 Å². The third-order valence-electron chi connectivity index (χ3n) is 10.9. The van der Waals surface area contributed by atoms with Crippen LogP contribution in [0.4, 0.5) is 0 Å². The number of hydrogen-bond acceptors (Lipinski definition) is 5. The molecule has 0 aromatic heterocycles. The van der Waals surface area contributed by atoms with Gasteiger partial charge in [0.1, 0.15) is 12.2 Å². The van der Waals surface area contributed by atoms with Gasteiger partial charge in [0, 0.05) is 41.5 Å². The number of piperidine rings is 1. The molecule has 2 aliphatic heterocycles. The summed E-state index contributed by atoms with van der Waals surface area (Å²) < 4.78 is 19.7. The molecular formula is C32H41NO4. The lowest BCUT2D eigenvalue weighted by Crippen LogP contribution is -2.76. The first-order valence-corrected chi connectivity index (χ1v) is 14.4. The molecule has 5 nitrogen and oxygen atoms in total. The number of aromatic hydroxyl groups is 1. The summed E-state index contributed by atoms with van der Waals surface area (Å²) >= 11 is 0. The van der Waals surface area contributed by atoms with Gasteiger partial charge in [-0.05, 0) is 68.2 Å². The lowest BCUT2D eigenvalue weighted by molar-refractivity contribution is -0.228. The number of rotatable bonds is 8. The summed E-state index contributed by atoms with van der Waals surface area (Å²) in [6.07, 6.45) is 6.77. The molecular weight excluding hydrogens is 462 g/mol. The fourth-order valence-electron chi connectivity index (χ4n) is 9.29. The second kappa shape index (κ2) is 8.46. The van der Waals surface area contributed by atoms with Gasteiger partial charge in [-0.3, -0.25) is 4.90 Å². The van der Waals surface area contributed by atoms with Gasteiger partial charge in [-0.25, -0.2) is 0 Å². The van der Waals surface area contributed by atoms with E-state index in [-0.39, 0.29) is 34.2 Å². The van der Waals surface area contributed by atoms with Crippen LogP contribution in [0.3, 0.4) is 0 Å². The van der Waals surface area contributed by atoms with Crippen molar-refractivity contribution in [3.05, 3.63) is 59.2 Å². The number of benzene rings is 2. The summed E-state index contributed by atoms with van der Waals surface area (Å²) in [7, 11) is 1.84. The molecule has 3 aliphatic carbocycles. The molecule has 6 atom stereocenters. The van der Waals surface area contributed by atoms with Crippen molar-refractivity contribution in [2.24, 2.45) is 16.7 Å². The average molecular weight is 504 g/mol. The molecule has 2 aromatic rings. The van der Waals surface area contributed by atoms with Crippen molar-refractivity contribution in [2.75, 3.05) is 26.8 Å². The van der Waals surface area contributed by atoms with E-state index >= 15 is 0 Å². The minimum Gasteiger partial charge on any atom is -0.504 e. The van der Waals surface area contributed by atoms with Crippen molar-refractivity contribution >= 4 is 0 Å². The third-order valence-corrected chi connectivity index (χ3v) is 10.9. The van der Waals surface area contributed by atoms with Crippen LogP contribution in [0, 0.1) is 16.7 Å². The largest absolute Gasteiger partial charge is 0.504 e. The number of phenols is 1. The second-order valence-corrected chi connectivity index (χ2v) is 12.8. The van der Waals surface area contributed by atoms with E-state index < -0.39 is 0 Å². The number of likely N-dealkylation sites (tertiary alicyclic amines) is 1. The Morgan fingerprint density at radius 2 is 1.95 bits per heavy atom. The van der Waals surface area contributed by atoms with Crippen LogP contribution >= 0.6 is 0 Å². The standard InChI is InChI=1S/C32H41NO4/c1-4-31-19-30(2,20-36-18-22-8-6-5-7-9-22)28(35-3)29-32(31)14-15-33(17-21-10-11-21)25(31)16-23-12-13-24(34)27(37-29)26(23)32/h5-9,12-13,21,25,28-29,34H,4,10-11,14-20H2,1-3H3/t25-,28?,29+,30+,31-,32+/m0/s1. The first-order valence-electron chi connectivity index (χ1n) is 14.4. The van der Waals surface area contributed by atoms with Crippen LogP contribution in [0.2, 0.25) is 0 Å². The zero-order valence-electron chi connectivity index (χ0n) is 22.5. The van der Waals surface area contributed by atoms with E-state index in [2.05, 4.69) is 49.1 Å². The second-order valence-electron chi connectivity index (χ2n) is 12.8. The van der Waals surface area contributed by atoms with Gasteiger partial charge < -0.3 is 19.3 Å². The molecule has 1 N–H and O–H groups in total. The van der Waals surface area contributed by atoms with Crippen molar-refractivity contribution < 1.29 is 19.3 Å². The molecule has 2 aromatic carbocycles. The molecule has 1 spiro atoms. The van der Waals surface area contributed by atoms with Gasteiger partial charge in [-0.15, -0.1) is 0 Å². The molecule has 0 amide bonds. The van der Waals surface area contributed by atoms with E-state index in [1.807, 2.05) is 19.2 Å². The summed E-state index contributed by atoms with van der Waals surface area (Å²) in [5.74, 6) is 1.88. The van der Waals surface area contributed by atoms with Crippen LogP contribution < -0.4 is 4.74 Å². The summed E-state index contributed by atoms with van der Waals surface area (Å²) in [6, 6.07) is 14.9. The first-order chi connectivity index (χ1) is 18.0.